The van der Waals surface area contributed by atoms with E-state index in [2.05, 4.69) is 19.9 Å². The third kappa shape index (κ3) is 3.39. The van der Waals surface area contributed by atoms with E-state index in [0.29, 0.717) is 16.7 Å². The quantitative estimate of drug-likeness (QED) is 0.770. The van der Waals surface area contributed by atoms with Crippen LogP contribution in [0.1, 0.15) is 0 Å². The maximum Gasteiger partial charge on any atom is 0.264 e. The number of thioether (sulfide) groups is 1. The molecule has 0 aliphatic rings. The number of hydrogen-bond donors (Lipinski definition) is 2. The largest absolute Gasteiger partial charge is 0.493 e. The number of ether oxygens (including phenoxy) is 2. The smallest absolute Gasteiger partial charge is 0.264 e. The van der Waals surface area contributed by atoms with Crippen molar-refractivity contribution in [2.24, 2.45) is 0 Å². The van der Waals surface area contributed by atoms with E-state index in [1.807, 2.05) is 0 Å². The number of aromatic nitrogens is 3. The summed E-state index contributed by atoms with van der Waals surface area (Å²) in [6.07, 6.45) is 1.79. The number of sulfonamides is 1. The molecule has 10 heteroatoms. The first-order valence-electron chi connectivity index (χ1n) is 5.71. The molecule has 21 heavy (non-hydrogen) atoms. The molecular weight excluding hydrogens is 316 g/mol. The maximum absolute atomic E-state index is 12.3. The molecule has 0 bridgehead atoms. The first-order valence-corrected chi connectivity index (χ1v) is 8.42. The number of anilines is 1. The highest BCUT2D eigenvalue weighted by Crippen LogP contribution is 2.29. The lowest BCUT2D eigenvalue weighted by atomic mass is 10.3. The highest BCUT2D eigenvalue weighted by atomic mass is 32.2. The van der Waals surface area contributed by atoms with E-state index in [1.165, 1.54) is 44.2 Å². The first-order chi connectivity index (χ1) is 10.00. The van der Waals surface area contributed by atoms with Crippen molar-refractivity contribution in [3.05, 3.63) is 18.2 Å². The fraction of sp³-hybridized carbons (Fsp3) is 0.273. The van der Waals surface area contributed by atoms with Crippen molar-refractivity contribution in [1.82, 2.24) is 15.2 Å². The van der Waals surface area contributed by atoms with Gasteiger partial charge in [0, 0.05) is 6.07 Å². The third-order valence-electron chi connectivity index (χ3n) is 2.54. The Morgan fingerprint density at radius 3 is 2.52 bits per heavy atom. The van der Waals surface area contributed by atoms with Gasteiger partial charge in [-0.25, -0.2) is 18.2 Å². The normalized spacial score (nSPS) is 11.2. The van der Waals surface area contributed by atoms with Crippen molar-refractivity contribution < 1.29 is 17.9 Å². The SMILES string of the molecule is COc1ccc(S(=O)(=O)Nc2nc(SC)n[nH]2)cc1OC. The summed E-state index contributed by atoms with van der Waals surface area (Å²) in [5.41, 5.74) is 0. The van der Waals surface area contributed by atoms with Crippen molar-refractivity contribution in [3.8, 4) is 11.5 Å². The second-order valence-electron chi connectivity index (χ2n) is 3.79. The third-order valence-corrected chi connectivity index (χ3v) is 4.43. The van der Waals surface area contributed by atoms with Crippen LogP contribution in [-0.2, 0) is 10.0 Å². The monoisotopic (exact) mass is 330 g/mol. The highest BCUT2D eigenvalue weighted by Gasteiger charge is 2.18. The van der Waals surface area contributed by atoms with Crippen LogP contribution in [0, 0.1) is 0 Å². The zero-order chi connectivity index (χ0) is 15.5. The predicted octanol–water partition coefficient (Wildman–Crippen LogP) is 1.34. The minimum absolute atomic E-state index is 0.0299. The minimum atomic E-state index is -3.79. The van der Waals surface area contributed by atoms with E-state index >= 15 is 0 Å². The van der Waals surface area contributed by atoms with Crippen LogP contribution in [0.5, 0.6) is 11.5 Å². The van der Waals surface area contributed by atoms with Crippen LogP contribution in [-0.4, -0.2) is 44.1 Å². The van der Waals surface area contributed by atoms with E-state index in [4.69, 9.17) is 9.47 Å². The van der Waals surface area contributed by atoms with E-state index in [1.54, 1.807) is 6.26 Å². The summed E-state index contributed by atoms with van der Waals surface area (Å²) in [5.74, 6) is 0.817. The van der Waals surface area contributed by atoms with Crippen molar-refractivity contribution in [3.63, 3.8) is 0 Å². The van der Waals surface area contributed by atoms with Crippen molar-refractivity contribution >= 4 is 27.7 Å². The van der Waals surface area contributed by atoms with Gasteiger partial charge in [0.2, 0.25) is 11.1 Å². The van der Waals surface area contributed by atoms with Gasteiger partial charge < -0.3 is 9.47 Å². The summed E-state index contributed by atoms with van der Waals surface area (Å²) in [6, 6.07) is 4.30. The topological polar surface area (TPSA) is 106 Å². The number of aromatic amines is 1. The van der Waals surface area contributed by atoms with Crippen LogP contribution in [0.25, 0.3) is 0 Å². The second-order valence-corrected chi connectivity index (χ2v) is 6.25. The molecule has 1 aromatic carbocycles. The molecule has 1 aromatic heterocycles. The zero-order valence-corrected chi connectivity index (χ0v) is 13.2. The van der Waals surface area contributed by atoms with Gasteiger partial charge in [0.1, 0.15) is 0 Å². The molecule has 2 aromatic rings. The Labute approximate surface area is 126 Å². The van der Waals surface area contributed by atoms with Gasteiger partial charge in [0.25, 0.3) is 10.0 Å². The summed E-state index contributed by atoms with van der Waals surface area (Å²) in [4.78, 5) is 4.00. The average Bonchev–Trinajstić information content (AvgIpc) is 2.93. The second kappa shape index (κ2) is 6.22. The minimum Gasteiger partial charge on any atom is -0.493 e. The van der Waals surface area contributed by atoms with Crippen LogP contribution in [0.15, 0.2) is 28.3 Å². The van der Waals surface area contributed by atoms with Gasteiger partial charge in [-0.3, -0.25) is 0 Å². The summed E-state index contributed by atoms with van der Waals surface area (Å²) < 4.78 is 37.0. The molecule has 0 aliphatic carbocycles. The molecule has 1 heterocycles. The molecule has 8 nitrogen and oxygen atoms in total. The van der Waals surface area contributed by atoms with Gasteiger partial charge in [-0.2, -0.15) is 4.98 Å². The Morgan fingerprint density at radius 2 is 1.95 bits per heavy atom. The summed E-state index contributed by atoms with van der Waals surface area (Å²) in [5, 5.41) is 6.78. The number of nitrogens with one attached hydrogen (secondary N) is 2. The molecule has 0 saturated heterocycles. The molecule has 0 spiro atoms. The Bertz CT molecular complexity index is 730. The molecule has 0 atom stereocenters. The molecule has 0 fully saturated rings. The summed E-state index contributed by atoms with van der Waals surface area (Å²) >= 11 is 1.30. The molecule has 0 amide bonds. The number of hydrogen-bond acceptors (Lipinski definition) is 7. The molecule has 0 saturated carbocycles. The maximum atomic E-state index is 12.3. The van der Waals surface area contributed by atoms with Gasteiger partial charge in [0.15, 0.2) is 11.5 Å². The Hall–Kier alpha value is -1.94. The Morgan fingerprint density at radius 1 is 1.24 bits per heavy atom. The van der Waals surface area contributed by atoms with Crippen LogP contribution in [0.2, 0.25) is 0 Å². The van der Waals surface area contributed by atoms with Crippen molar-refractivity contribution in [1.29, 1.82) is 0 Å². The van der Waals surface area contributed by atoms with E-state index in [9.17, 15) is 8.42 Å². The van der Waals surface area contributed by atoms with Crippen molar-refractivity contribution in [2.75, 3.05) is 25.2 Å². The number of benzene rings is 1. The molecule has 0 aliphatic heterocycles. The fourth-order valence-corrected chi connectivity index (χ4v) is 2.85. The van der Waals surface area contributed by atoms with Crippen LogP contribution < -0.4 is 14.2 Å². The molecule has 2 N–H and O–H groups in total. The summed E-state index contributed by atoms with van der Waals surface area (Å²) in [6.45, 7) is 0. The van der Waals surface area contributed by atoms with Gasteiger partial charge in [-0.05, 0) is 18.4 Å². The van der Waals surface area contributed by atoms with Gasteiger partial charge in [-0.15, -0.1) is 5.10 Å². The van der Waals surface area contributed by atoms with Gasteiger partial charge in [-0.1, -0.05) is 11.8 Å². The number of H-pyrrole nitrogens is 1. The zero-order valence-electron chi connectivity index (χ0n) is 11.6. The number of rotatable bonds is 6. The first kappa shape index (κ1) is 15.4. The lowest BCUT2D eigenvalue weighted by molar-refractivity contribution is 0.354. The van der Waals surface area contributed by atoms with Crippen LogP contribution in [0.3, 0.4) is 0 Å². The molecule has 114 valence electrons. The number of methoxy groups -OCH3 is 2. The van der Waals surface area contributed by atoms with Crippen LogP contribution in [0.4, 0.5) is 5.95 Å². The lowest BCUT2D eigenvalue weighted by Crippen LogP contribution is -2.14. The average molecular weight is 330 g/mol. The molecular formula is C11H14N4O4S2. The highest BCUT2D eigenvalue weighted by molar-refractivity contribution is 7.98. The molecule has 0 radical (unpaired) electrons. The molecule has 2 rings (SSSR count). The summed E-state index contributed by atoms with van der Waals surface area (Å²) in [7, 11) is -0.886. The number of nitrogens with zero attached hydrogens (tertiary/aromatic N) is 2. The Balaban J connectivity index is 2.30. The standard InChI is InChI=1S/C11H14N4O4S2/c1-18-8-5-4-7(6-9(8)19-2)21(16,17)15-10-12-11(20-3)14-13-10/h4-6H,1-3H3,(H2,12,13,14,15). The predicted molar refractivity (Wildman–Crippen MR) is 78.5 cm³/mol. The lowest BCUT2D eigenvalue weighted by Gasteiger charge is -2.10. The van der Waals surface area contributed by atoms with Gasteiger partial charge >= 0.3 is 0 Å². The van der Waals surface area contributed by atoms with E-state index in [0.717, 1.165) is 0 Å². The fourth-order valence-electron chi connectivity index (χ4n) is 1.55. The molecule has 0 unspecified atom stereocenters. The van der Waals surface area contributed by atoms with Crippen LogP contribution >= 0.6 is 11.8 Å². The van der Waals surface area contributed by atoms with E-state index in [-0.39, 0.29) is 10.8 Å². The van der Waals surface area contributed by atoms with Crippen molar-refractivity contribution in [2.45, 2.75) is 10.1 Å². The Kier molecular flexibility index (Phi) is 4.58. The van der Waals surface area contributed by atoms with Gasteiger partial charge in [0.05, 0.1) is 19.1 Å². The van der Waals surface area contributed by atoms with E-state index < -0.39 is 10.0 Å².